The Morgan fingerprint density at radius 3 is 2.09 bits per heavy atom. The molecule has 0 bridgehead atoms. The molecule has 0 saturated carbocycles. The minimum atomic E-state index is -1.61. The number of nitrogen functional groups attached to an aromatic ring is 1. The molecular formula is C57H76N12O12. The summed E-state index contributed by atoms with van der Waals surface area (Å²) in [4.78, 5) is 117. The fourth-order valence-corrected chi connectivity index (χ4v) is 9.04. The number of carboxylic acid groups (broad SMARTS) is 1. The lowest BCUT2D eigenvalue weighted by Crippen LogP contribution is -2.47. The van der Waals surface area contributed by atoms with Gasteiger partial charge in [-0.05, 0) is 66.5 Å². The van der Waals surface area contributed by atoms with Crippen LogP contribution in [0.5, 0.6) is 0 Å². The molecule has 4 amide bonds. The Morgan fingerprint density at radius 1 is 0.753 bits per heavy atom. The number of imidazole rings is 1. The summed E-state index contributed by atoms with van der Waals surface area (Å²) in [6, 6.07) is 19.4. The number of alkyl carbamates (subject to hydrolysis) is 1. The first-order valence-electron chi connectivity index (χ1n) is 27.0. The maximum Gasteiger partial charge on any atom is 0.407 e. The third-order valence-corrected chi connectivity index (χ3v) is 13.4. The molecule has 5 aromatic rings. The number of anilines is 2. The number of hydrogen-bond donors (Lipinski definition) is 11. The Bertz CT molecular complexity index is 3010. The van der Waals surface area contributed by atoms with Crippen LogP contribution in [0.2, 0.25) is 0 Å². The van der Waals surface area contributed by atoms with Gasteiger partial charge in [-0.1, -0.05) is 81.8 Å². The van der Waals surface area contributed by atoms with Gasteiger partial charge in [-0.15, -0.1) is 0 Å². The molecule has 3 aromatic carbocycles. The van der Waals surface area contributed by atoms with Gasteiger partial charge in [0.25, 0.3) is 0 Å². The minimum absolute atomic E-state index is 0.00910. The normalized spacial score (nSPS) is 13.1. The van der Waals surface area contributed by atoms with Gasteiger partial charge in [-0.25, -0.2) is 14.8 Å². The van der Waals surface area contributed by atoms with Crippen molar-refractivity contribution in [2.45, 2.75) is 117 Å². The van der Waals surface area contributed by atoms with Crippen LogP contribution in [0.3, 0.4) is 0 Å². The number of rotatable bonds is 34. The van der Waals surface area contributed by atoms with Gasteiger partial charge in [0.1, 0.15) is 29.8 Å². The second-order valence-electron chi connectivity index (χ2n) is 20.5. The predicted molar refractivity (Wildman–Crippen MR) is 304 cm³/mol. The first-order chi connectivity index (χ1) is 38.7. The zero-order valence-electron chi connectivity index (χ0n) is 46.0. The minimum Gasteiger partial charge on any atom is -0.481 e. The highest BCUT2D eigenvalue weighted by atomic mass is 16.5. The van der Waals surface area contributed by atoms with Gasteiger partial charge >= 0.3 is 12.1 Å². The Morgan fingerprint density at radius 2 is 1.43 bits per heavy atom. The highest BCUT2D eigenvalue weighted by Crippen LogP contribution is 2.30. The molecule has 0 saturated heterocycles. The van der Waals surface area contributed by atoms with Crippen molar-refractivity contribution in [1.29, 1.82) is 0 Å². The number of pyridine rings is 1. The number of benzene rings is 3. The third-order valence-electron chi connectivity index (χ3n) is 13.4. The van der Waals surface area contributed by atoms with Crippen LogP contribution in [0.25, 0.3) is 21.9 Å². The molecule has 15 N–H and O–H groups in total. The Labute approximate surface area is 469 Å². The molecule has 2 aromatic heterocycles. The zero-order valence-corrected chi connectivity index (χ0v) is 46.0. The van der Waals surface area contributed by atoms with Crippen molar-refractivity contribution < 1.29 is 58.4 Å². The van der Waals surface area contributed by atoms with Crippen molar-refractivity contribution in [2.24, 2.45) is 45.9 Å². The van der Waals surface area contributed by atoms with Crippen molar-refractivity contribution in [3.05, 3.63) is 95.3 Å². The summed E-state index contributed by atoms with van der Waals surface area (Å²) in [5, 5.41) is 40.8. The number of hydrogen-bond acceptors (Lipinski definition) is 16. The molecule has 5 rings (SSSR count). The van der Waals surface area contributed by atoms with Crippen molar-refractivity contribution in [2.75, 3.05) is 37.4 Å². The van der Waals surface area contributed by atoms with E-state index >= 15 is 0 Å². The monoisotopic (exact) mass is 1120 g/mol. The van der Waals surface area contributed by atoms with Gasteiger partial charge in [-0.2, -0.15) is 0 Å². The van der Waals surface area contributed by atoms with Gasteiger partial charge < -0.3 is 68.8 Å². The fraction of sp³-hybridized carbons (Fsp3) is 0.456. The molecule has 24 nitrogen and oxygen atoms in total. The fourth-order valence-electron chi connectivity index (χ4n) is 9.04. The molecule has 0 fully saturated rings. The number of nitrogens with two attached hydrogens (primary N) is 4. The molecule has 0 unspecified atom stereocenters. The SMILES string of the molecule is CCCCc1nc2c(N)nc3ccccc3c2n1Cc1ccc(CNC(=O)OCc2ccc(NC(=O)[C@@H](CC(=O)O)CC(=O)[C@H](CO)NC(=O)[C@@H](CCCN=C(N)N)CC(=O)CNC(=O)[C@@H](CO)CC(=O)[C@@H](N)CC(C)C)cc2)cc1. The number of carbonyl (C=O) groups excluding carboxylic acids is 7. The molecule has 436 valence electrons. The molecule has 81 heavy (non-hydrogen) atoms. The predicted octanol–water partition coefficient (Wildman–Crippen LogP) is 3.14. The quantitative estimate of drug-likeness (QED) is 0.0160. The van der Waals surface area contributed by atoms with Crippen molar-refractivity contribution in [3.8, 4) is 0 Å². The smallest absolute Gasteiger partial charge is 0.407 e. The van der Waals surface area contributed by atoms with E-state index in [-0.39, 0.29) is 56.5 Å². The lowest BCUT2D eigenvalue weighted by Gasteiger charge is -2.22. The van der Waals surface area contributed by atoms with Crippen LogP contribution in [0.4, 0.5) is 16.3 Å². The van der Waals surface area contributed by atoms with E-state index in [1.807, 2.05) is 62.4 Å². The summed E-state index contributed by atoms with van der Waals surface area (Å²) in [5.41, 5.74) is 28.2. The van der Waals surface area contributed by atoms with Crippen LogP contribution in [0.15, 0.2) is 77.8 Å². The average molecular weight is 1120 g/mol. The molecule has 0 spiro atoms. The number of nitrogens with one attached hydrogen (secondary N) is 4. The summed E-state index contributed by atoms with van der Waals surface area (Å²) in [6.07, 6.45) is 0.383. The lowest BCUT2D eigenvalue weighted by molar-refractivity contribution is -0.141. The number of aromatic nitrogens is 3. The molecular weight excluding hydrogens is 1040 g/mol. The van der Waals surface area contributed by atoms with Gasteiger partial charge in [-0.3, -0.25) is 38.6 Å². The van der Waals surface area contributed by atoms with E-state index < -0.39 is 116 Å². The summed E-state index contributed by atoms with van der Waals surface area (Å²) >= 11 is 0. The number of unbranched alkanes of at least 4 members (excludes halogenated alkanes) is 1. The number of aliphatic hydroxyl groups excluding tert-OH is 2. The number of carbonyl (C=O) groups is 8. The maximum atomic E-state index is 13.6. The molecule has 0 aliphatic carbocycles. The van der Waals surface area contributed by atoms with Gasteiger partial charge in [0.2, 0.25) is 17.7 Å². The number of Topliss-reactive ketones (excluding diaryl/α,β-unsaturated/α-hetero) is 3. The molecule has 5 atom stereocenters. The number of ketones is 3. The molecule has 0 aliphatic heterocycles. The second-order valence-corrected chi connectivity index (χ2v) is 20.5. The lowest BCUT2D eigenvalue weighted by atomic mass is 9.92. The number of para-hydroxylation sites is 1. The molecule has 2 heterocycles. The number of aryl methyl sites for hydroxylation is 1. The maximum absolute atomic E-state index is 13.6. The second kappa shape index (κ2) is 31.4. The third kappa shape index (κ3) is 19.8. The first kappa shape index (κ1) is 63.5. The summed E-state index contributed by atoms with van der Waals surface area (Å²) in [5.74, 6) is -8.32. The summed E-state index contributed by atoms with van der Waals surface area (Å²) in [7, 11) is 0. The van der Waals surface area contributed by atoms with E-state index in [2.05, 4.69) is 42.7 Å². The molecule has 24 heteroatoms. The van der Waals surface area contributed by atoms with E-state index in [9.17, 15) is 53.7 Å². The van der Waals surface area contributed by atoms with Crippen LogP contribution in [0, 0.1) is 23.7 Å². The number of amides is 4. The van der Waals surface area contributed by atoms with Crippen LogP contribution in [-0.4, -0.2) is 121 Å². The van der Waals surface area contributed by atoms with Crippen molar-refractivity contribution in [1.82, 2.24) is 30.5 Å². The highest BCUT2D eigenvalue weighted by Gasteiger charge is 2.32. The summed E-state index contributed by atoms with van der Waals surface area (Å²) < 4.78 is 7.63. The molecule has 0 radical (unpaired) electrons. The number of nitrogens with zero attached hydrogens (tertiary/aromatic N) is 4. The number of ether oxygens (including phenoxy) is 1. The number of fused-ring (bicyclic) bond motifs is 3. The largest absolute Gasteiger partial charge is 0.481 e. The van der Waals surface area contributed by atoms with Crippen LogP contribution in [-0.2, 0) is 64.4 Å². The number of aliphatic hydroxyl groups is 2. The van der Waals surface area contributed by atoms with E-state index in [1.54, 1.807) is 12.1 Å². The molecule has 0 aliphatic rings. The topological polar surface area (TPSA) is 402 Å². The zero-order chi connectivity index (χ0) is 59.2. The van der Waals surface area contributed by atoms with E-state index in [1.165, 1.54) is 12.1 Å². The number of guanidine groups is 1. The first-order valence-corrected chi connectivity index (χ1v) is 27.0. The van der Waals surface area contributed by atoms with Crippen LogP contribution >= 0.6 is 0 Å². The highest BCUT2D eigenvalue weighted by molar-refractivity contribution is 6.06. The van der Waals surface area contributed by atoms with Gasteiger partial charge in [0.15, 0.2) is 23.3 Å². The number of carboxylic acids is 1. The van der Waals surface area contributed by atoms with E-state index in [0.717, 1.165) is 52.6 Å². The summed E-state index contributed by atoms with van der Waals surface area (Å²) in [6.45, 7) is 4.40. The Hall–Kier alpha value is -8.35. The van der Waals surface area contributed by atoms with Crippen molar-refractivity contribution >= 4 is 86.5 Å². The van der Waals surface area contributed by atoms with Gasteiger partial charge in [0, 0.05) is 62.3 Å². The van der Waals surface area contributed by atoms with Crippen LogP contribution < -0.4 is 44.2 Å². The van der Waals surface area contributed by atoms with Crippen molar-refractivity contribution in [3.63, 3.8) is 0 Å². The van der Waals surface area contributed by atoms with Gasteiger partial charge in [0.05, 0.1) is 55.1 Å². The average Bonchev–Trinajstić information content (AvgIpc) is 3.82. The number of aliphatic imine (C=N–C) groups is 1. The van der Waals surface area contributed by atoms with Crippen LogP contribution in [0.1, 0.15) is 101 Å². The number of aliphatic carboxylic acids is 1. The standard InChI is InChI=1S/C57H76N12O12/c1-4-5-12-48-68-50-51(42-10-6-7-11-44(42)66-52(50)59)69(48)29-35-15-13-34(14-16-35)27-64-57(80)81-32-36-17-19-40(20-18-36)65-55(79)38(26-49(75)76)24-47(74)45(31-71)67-54(78)37(9-8-21-62-56(60)61)23-41(72)28-63-53(77)39(30-70)25-46(73)43(58)22-33(2)3/h6-7,10-11,13-20,33,37-39,43,45,70-71H,4-5,8-9,12,21-32,58H2,1-3H3,(H2,59,66)(H,63,77)(H,64,80)(H,65,79)(H,67,78)(H,75,76)(H4,60,61,62)/t37-,38+,39+,43-,45-/m0/s1. The Balaban J connectivity index is 1.11. The van der Waals surface area contributed by atoms with E-state index in [0.29, 0.717) is 29.9 Å². The Kier molecular flexibility index (Phi) is 24.6. The van der Waals surface area contributed by atoms with E-state index in [4.69, 9.17) is 32.7 Å².